The van der Waals surface area contributed by atoms with Gasteiger partial charge in [-0.2, -0.15) is 13.2 Å². The molecule has 3 heterocycles. The maximum Gasteiger partial charge on any atom is 0.416 e. The van der Waals surface area contributed by atoms with Crippen molar-refractivity contribution in [3.8, 4) is 5.75 Å². The third-order valence-electron chi connectivity index (χ3n) is 10.7. The van der Waals surface area contributed by atoms with Gasteiger partial charge in [0.15, 0.2) is 0 Å². The number of carboxylic acid groups (broad SMARTS) is 1. The molecule has 3 fully saturated rings. The van der Waals surface area contributed by atoms with Crippen molar-refractivity contribution in [2.45, 2.75) is 76.6 Å². The van der Waals surface area contributed by atoms with E-state index in [4.69, 9.17) is 9.47 Å². The maximum absolute atomic E-state index is 14.9. The Bertz CT molecular complexity index is 1430. The topological polar surface area (TPSA) is 82.5 Å². The van der Waals surface area contributed by atoms with E-state index in [1.165, 1.54) is 6.07 Å². The minimum Gasteiger partial charge on any atom is -0.497 e. The van der Waals surface area contributed by atoms with Crippen LogP contribution in [-0.4, -0.2) is 91.9 Å². The molecule has 1 N–H and O–H groups in total. The van der Waals surface area contributed by atoms with Gasteiger partial charge in [0.25, 0.3) is 0 Å². The van der Waals surface area contributed by atoms with Crippen LogP contribution >= 0.6 is 0 Å². The number of nitrogens with zero attached hydrogens (tertiary/aromatic N) is 3. The summed E-state index contributed by atoms with van der Waals surface area (Å²) in [6.45, 7) is 11.2. The molecule has 3 aliphatic rings. The van der Waals surface area contributed by atoms with Crippen LogP contribution in [0.5, 0.6) is 5.75 Å². The summed E-state index contributed by atoms with van der Waals surface area (Å²) in [4.78, 5) is 32.6. The lowest BCUT2D eigenvalue weighted by atomic mass is 9.74. The molecule has 8 nitrogen and oxygen atoms in total. The van der Waals surface area contributed by atoms with E-state index in [1.807, 2.05) is 41.0 Å². The second kappa shape index (κ2) is 13.3. The Morgan fingerprint density at radius 2 is 1.66 bits per heavy atom. The molecule has 5 rings (SSSR count). The summed E-state index contributed by atoms with van der Waals surface area (Å²) in [5, 5.41) is 9.50. The number of anilines is 1. The number of benzene rings is 2. The Balaban J connectivity index is 1.48. The SMILES string of the molecule is COC[C@@H]1C[C@@H](c2ccc(C(F)(F)F)cc2N2CCC(C(=O)O)CC2)CN1C(=O)[C@]1(C)CN(C(C)(C)C)C[C@H]1c1ccc(OC)cc1. The average Bonchev–Trinajstić information content (AvgIpc) is 3.62. The second-order valence-corrected chi connectivity index (χ2v) is 14.7. The maximum atomic E-state index is 14.9. The van der Waals surface area contributed by atoms with Gasteiger partial charge in [-0.05, 0) is 82.3 Å². The Hall–Kier alpha value is -3.31. The van der Waals surface area contributed by atoms with Crippen molar-refractivity contribution in [3.63, 3.8) is 0 Å². The van der Waals surface area contributed by atoms with Crippen molar-refractivity contribution < 1.29 is 37.3 Å². The number of carboxylic acids is 1. The summed E-state index contributed by atoms with van der Waals surface area (Å²) in [7, 11) is 3.23. The molecule has 0 spiro atoms. The Kier molecular flexibility index (Phi) is 9.91. The van der Waals surface area contributed by atoms with Crippen molar-refractivity contribution in [1.29, 1.82) is 0 Å². The zero-order valence-electron chi connectivity index (χ0n) is 28.3. The predicted molar refractivity (Wildman–Crippen MR) is 174 cm³/mol. The van der Waals surface area contributed by atoms with Gasteiger partial charge in [-0.3, -0.25) is 14.5 Å². The summed E-state index contributed by atoms with van der Waals surface area (Å²) in [6.07, 6.45) is -3.24. The normalized spacial score (nSPS) is 26.2. The van der Waals surface area contributed by atoms with Gasteiger partial charge in [0.1, 0.15) is 5.75 Å². The number of ether oxygens (including phenoxy) is 2. The zero-order chi connectivity index (χ0) is 34.3. The first-order valence-electron chi connectivity index (χ1n) is 16.4. The third-order valence-corrected chi connectivity index (χ3v) is 10.7. The van der Waals surface area contributed by atoms with Gasteiger partial charge in [0.2, 0.25) is 5.91 Å². The fourth-order valence-corrected chi connectivity index (χ4v) is 7.81. The van der Waals surface area contributed by atoms with Gasteiger partial charge in [-0.25, -0.2) is 0 Å². The van der Waals surface area contributed by atoms with Crippen LogP contribution in [0, 0.1) is 11.3 Å². The molecule has 0 radical (unpaired) electrons. The first-order valence-corrected chi connectivity index (χ1v) is 16.4. The van der Waals surface area contributed by atoms with Gasteiger partial charge in [0, 0.05) is 62.9 Å². The number of rotatable bonds is 8. The van der Waals surface area contributed by atoms with Crippen molar-refractivity contribution in [3.05, 3.63) is 59.2 Å². The summed E-state index contributed by atoms with van der Waals surface area (Å²) in [5.74, 6) is -0.916. The molecule has 3 saturated heterocycles. The van der Waals surface area contributed by atoms with Crippen LogP contribution in [0.15, 0.2) is 42.5 Å². The summed E-state index contributed by atoms with van der Waals surface area (Å²) < 4.78 is 52.7. The monoisotopic (exact) mass is 659 g/mol. The smallest absolute Gasteiger partial charge is 0.416 e. The highest BCUT2D eigenvalue weighted by Crippen LogP contribution is 2.49. The van der Waals surface area contributed by atoms with Gasteiger partial charge in [-0.1, -0.05) is 18.2 Å². The number of amides is 1. The molecule has 47 heavy (non-hydrogen) atoms. The summed E-state index contributed by atoms with van der Waals surface area (Å²) >= 11 is 0. The average molecular weight is 660 g/mol. The van der Waals surface area contributed by atoms with E-state index >= 15 is 0 Å². The van der Waals surface area contributed by atoms with Crippen LogP contribution in [-0.2, 0) is 20.5 Å². The molecule has 3 aliphatic heterocycles. The lowest BCUT2D eigenvalue weighted by Gasteiger charge is -2.37. The van der Waals surface area contributed by atoms with Crippen LogP contribution < -0.4 is 9.64 Å². The highest BCUT2D eigenvalue weighted by atomic mass is 19.4. The van der Waals surface area contributed by atoms with E-state index in [9.17, 15) is 27.9 Å². The molecule has 4 atom stereocenters. The van der Waals surface area contributed by atoms with E-state index < -0.39 is 29.0 Å². The molecule has 1 amide bonds. The van der Waals surface area contributed by atoms with Crippen molar-refractivity contribution in [2.24, 2.45) is 11.3 Å². The van der Waals surface area contributed by atoms with Crippen molar-refractivity contribution in [2.75, 3.05) is 58.5 Å². The minimum absolute atomic E-state index is 0.0188. The highest BCUT2D eigenvalue weighted by Gasteiger charge is 2.54. The number of aliphatic carboxylic acids is 1. The molecule has 11 heteroatoms. The molecule has 2 aromatic carbocycles. The number of methoxy groups -OCH3 is 2. The predicted octanol–water partition coefficient (Wildman–Crippen LogP) is 6.25. The lowest BCUT2D eigenvalue weighted by Crippen LogP contribution is -2.50. The Labute approximate surface area is 275 Å². The molecule has 0 aliphatic carbocycles. The number of hydrogen-bond donors (Lipinski definition) is 1. The van der Waals surface area contributed by atoms with Gasteiger partial charge >= 0.3 is 12.1 Å². The van der Waals surface area contributed by atoms with E-state index in [0.29, 0.717) is 64.3 Å². The molecule has 0 saturated carbocycles. The van der Waals surface area contributed by atoms with Crippen LogP contribution in [0.3, 0.4) is 0 Å². The molecule has 0 bridgehead atoms. The largest absolute Gasteiger partial charge is 0.497 e. The number of likely N-dealkylation sites (tertiary alicyclic amines) is 2. The number of carbonyl (C=O) groups excluding carboxylic acids is 1. The fourth-order valence-electron chi connectivity index (χ4n) is 7.81. The molecule has 2 aromatic rings. The van der Waals surface area contributed by atoms with E-state index in [2.05, 4.69) is 25.7 Å². The fraction of sp³-hybridized carbons (Fsp3) is 0.611. The molecular formula is C36H48F3N3O5. The van der Waals surface area contributed by atoms with Crippen LogP contribution in [0.1, 0.15) is 75.5 Å². The van der Waals surface area contributed by atoms with E-state index in [0.717, 1.165) is 22.9 Å². The first-order chi connectivity index (χ1) is 22.1. The molecule has 258 valence electrons. The van der Waals surface area contributed by atoms with Crippen LogP contribution in [0.4, 0.5) is 18.9 Å². The minimum atomic E-state index is -4.52. The molecular weight excluding hydrogens is 611 g/mol. The summed E-state index contributed by atoms with van der Waals surface area (Å²) in [6, 6.07) is 11.5. The van der Waals surface area contributed by atoms with Gasteiger partial charge in [-0.15, -0.1) is 0 Å². The van der Waals surface area contributed by atoms with Crippen LogP contribution in [0.2, 0.25) is 0 Å². The number of carbonyl (C=O) groups is 2. The lowest BCUT2D eigenvalue weighted by molar-refractivity contribution is -0.143. The van der Waals surface area contributed by atoms with Gasteiger partial charge < -0.3 is 24.4 Å². The van der Waals surface area contributed by atoms with E-state index in [1.54, 1.807) is 20.3 Å². The zero-order valence-corrected chi connectivity index (χ0v) is 28.3. The molecule has 0 aromatic heterocycles. The van der Waals surface area contributed by atoms with E-state index in [-0.39, 0.29) is 29.3 Å². The van der Waals surface area contributed by atoms with Crippen LogP contribution in [0.25, 0.3) is 0 Å². The molecule has 0 unspecified atom stereocenters. The Morgan fingerprint density at radius 3 is 2.21 bits per heavy atom. The number of alkyl halides is 3. The second-order valence-electron chi connectivity index (χ2n) is 14.7. The summed E-state index contributed by atoms with van der Waals surface area (Å²) in [5.41, 5.74) is 0.626. The third kappa shape index (κ3) is 7.11. The highest BCUT2D eigenvalue weighted by molar-refractivity contribution is 5.85. The number of hydrogen-bond acceptors (Lipinski definition) is 6. The van der Waals surface area contributed by atoms with Crippen molar-refractivity contribution >= 4 is 17.6 Å². The quantitative estimate of drug-likeness (QED) is 0.359. The number of halogens is 3. The number of piperidine rings is 1. The first kappa shape index (κ1) is 35.0. The van der Waals surface area contributed by atoms with Crippen molar-refractivity contribution in [1.82, 2.24) is 9.80 Å². The van der Waals surface area contributed by atoms with Gasteiger partial charge in [0.05, 0.1) is 36.7 Å². The standard InChI is InChI=1S/C36H48F3N3O5/c1-34(2,3)41-20-30(23-7-10-28(47-6)11-8-23)35(4,22-41)33(45)42-19-25(17-27(42)21-46-5)29-12-9-26(36(37,38)39)18-31(29)40-15-13-24(14-16-40)32(43)44/h7-12,18,24-25,27,30H,13-17,19-22H2,1-6H3,(H,43,44)/t25-,27+,30+,35-/m1/s1. The Morgan fingerprint density at radius 1 is 1.00 bits per heavy atom.